The molecule has 0 aromatic heterocycles. The van der Waals surface area contributed by atoms with Crippen molar-refractivity contribution in [3.63, 3.8) is 0 Å². The highest BCUT2D eigenvalue weighted by Gasteiger charge is 2.18. The Labute approximate surface area is 241 Å². The molecule has 0 fully saturated rings. The highest BCUT2D eigenvalue weighted by Crippen LogP contribution is 2.31. The van der Waals surface area contributed by atoms with Crippen molar-refractivity contribution in [2.24, 2.45) is 0 Å². The van der Waals surface area contributed by atoms with E-state index in [9.17, 15) is 0 Å². The molecule has 0 unspecified atom stereocenters. The first-order chi connectivity index (χ1) is 19.7. The van der Waals surface area contributed by atoms with Gasteiger partial charge < -0.3 is 0 Å². The minimum absolute atomic E-state index is 0.869. The minimum Gasteiger partial charge on any atom is -0.103 e. The summed E-state index contributed by atoms with van der Waals surface area (Å²) in [5, 5.41) is 0. The van der Waals surface area contributed by atoms with Crippen molar-refractivity contribution < 1.29 is 0 Å². The van der Waals surface area contributed by atoms with Gasteiger partial charge in [-0.2, -0.15) is 0 Å². The number of fused-ring (bicyclic) bond motifs is 8. The largest absolute Gasteiger partial charge is 0.103 e. The van der Waals surface area contributed by atoms with E-state index < -0.39 is 0 Å². The van der Waals surface area contributed by atoms with Crippen LogP contribution in [0.4, 0.5) is 0 Å². The topological polar surface area (TPSA) is 0 Å². The molecule has 0 saturated heterocycles. The van der Waals surface area contributed by atoms with Crippen LogP contribution in [0.5, 0.6) is 0 Å². The van der Waals surface area contributed by atoms with Crippen molar-refractivity contribution >= 4 is 0 Å². The van der Waals surface area contributed by atoms with E-state index in [1.165, 1.54) is 66.8 Å². The lowest BCUT2D eigenvalue weighted by Gasteiger charge is -2.22. The zero-order valence-corrected chi connectivity index (χ0v) is 23.7. The van der Waals surface area contributed by atoms with Crippen LogP contribution in [0.25, 0.3) is 0 Å². The Balaban J connectivity index is 1.78. The summed E-state index contributed by atoms with van der Waals surface area (Å²) in [6.07, 6.45) is 15.3. The average molecular weight is 521 g/mol. The molecule has 8 bridgehead atoms. The van der Waals surface area contributed by atoms with E-state index in [2.05, 4.69) is 123 Å². The summed E-state index contributed by atoms with van der Waals surface area (Å²) in [6.45, 7) is 16.5. The molecule has 1 aliphatic rings. The summed E-state index contributed by atoms with van der Waals surface area (Å²) in [5.74, 6) is 0. The molecule has 0 heteroatoms. The Morgan fingerprint density at radius 3 is 0.675 bits per heavy atom. The maximum Gasteiger partial charge on any atom is -0.00199 e. The van der Waals surface area contributed by atoms with E-state index in [0.29, 0.717) is 0 Å². The Kier molecular flexibility index (Phi) is 8.77. The highest BCUT2D eigenvalue weighted by atomic mass is 14.2. The van der Waals surface area contributed by atoms with Crippen molar-refractivity contribution in [3.8, 4) is 0 Å². The summed E-state index contributed by atoms with van der Waals surface area (Å²) in [7, 11) is 0. The van der Waals surface area contributed by atoms with Gasteiger partial charge in [0.05, 0.1) is 0 Å². The van der Waals surface area contributed by atoms with Gasteiger partial charge in [0.1, 0.15) is 0 Å². The molecule has 0 amide bonds. The van der Waals surface area contributed by atoms with E-state index in [4.69, 9.17) is 0 Å². The van der Waals surface area contributed by atoms with Crippen molar-refractivity contribution in [1.82, 2.24) is 0 Å². The summed E-state index contributed by atoms with van der Waals surface area (Å²) in [4.78, 5) is 0. The second kappa shape index (κ2) is 12.8. The van der Waals surface area contributed by atoms with Gasteiger partial charge >= 0.3 is 0 Å². The fraction of sp³-hybridized carbons (Fsp3) is 0.200. The molecule has 40 heavy (non-hydrogen) atoms. The molecule has 0 N–H and O–H groups in total. The van der Waals surface area contributed by atoms with Gasteiger partial charge in [-0.1, -0.05) is 97.1 Å². The van der Waals surface area contributed by atoms with Crippen LogP contribution >= 0.6 is 0 Å². The first-order valence-electron chi connectivity index (χ1n) is 14.5. The van der Waals surface area contributed by atoms with E-state index >= 15 is 0 Å². The average Bonchev–Trinajstić information content (AvgIpc) is 2.95. The van der Waals surface area contributed by atoms with E-state index in [1.54, 1.807) is 0 Å². The lowest BCUT2D eigenvalue weighted by atomic mass is 9.83. The summed E-state index contributed by atoms with van der Waals surface area (Å²) in [6, 6.07) is 27.4. The number of hydrogen-bond acceptors (Lipinski definition) is 0. The van der Waals surface area contributed by atoms with E-state index in [1.807, 2.05) is 0 Å². The number of allylic oxidation sites excluding steroid dienone is 4. The van der Waals surface area contributed by atoms with Crippen LogP contribution in [0.1, 0.15) is 66.8 Å². The lowest BCUT2D eigenvalue weighted by molar-refractivity contribution is 0.982. The van der Waals surface area contributed by atoms with Gasteiger partial charge in [-0.25, -0.2) is 0 Å². The van der Waals surface area contributed by atoms with Crippen LogP contribution in [0.3, 0.4) is 0 Å². The van der Waals surface area contributed by atoms with Gasteiger partial charge in [0.2, 0.25) is 0 Å². The van der Waals surface area contributed by atoms with Gasteiger partial charge in [-0.3, -0.25) is 0 Å². The fourth-order valence-corrected chi connectivity index (χ4v) is 6.52. The van der Waals surface area contributed by atoms with E-state index in [0.717, 1.165) is 51.4 Å². The van der Waals surface area contributed by atoms with Crippen LogP contribution in [-0.4, -0.2) is 0 Å². The third-order valence-electron chi connectivity index (χ3n) is 8.40. The molecule has 0 saturated carbocycles. The van der Waals surface area contributed by atoms with Crippen LogP contribution in [0.2, 0.25) is 0 Å². The minimum atomic E-state index is 0.869. The summed E-state index contributed by atoms with van der Waals surface area (Å²) < 4.78 is 0. The molecule has 0 aliphatic heterocycles. The first kappa shape index (κ1) is 27.4. The normalized spacial score (nSPS) is 12.4. The Morgan fingerprint density at radius 1 is 0.350 bits per heavy atom. The number of rotatable bonds is 8. The first-order valence-corrected chi connectivity index (χ1v) is 14.5. The van der Waals surface area contributed by atoms with Crippen molar-refractivity contribution in [3.05, 3.63) is 190 Å². The Bertz CT molecular complexity index is 1240. The maximum atomic E-state index is 4.12. The van der Waals surface area contributed by atoms with Gasteiger partial charge in [0.25, 0.3) is 0 Å². The van der Waals surface area contributed by atoms with E-state index in [-0.39, 0.29) is 0 Å². The van der Waals surface area contributed by atoms with Crippen molar-refractivity contribution in [2.45, 2.75) is 51.4 Å². The Morgan fingerprint density at radius 2 is 0.525 bits per heavy atom. The lowest BCUT2D eigenvalue weighted by Crippen LogP contribution is -2.09. The van der Waals surface area contributed by atoms with Gasteiger partial charge in [-0.15, -0.1) is 26.3 Å². The van der Waals surface area contributed by atoms with Gasteiger partial charge in [-0.05, 0) is 118 Å². The van der Waals surface area contributed by atoms with Gasteiger partial charge in [0, 0.05) is 0 Å². The molecular weight excluding hydrogens is 480 g/mol. The zero-order valence-electron chi connectivity index (χ0n) is 23.7. The molecule has 4 aromatic rings. The predicted molar refractivity (Wildman–Crippen MR) is 173 cm³/mol. The molecule has 0 radical (unpaired) electrons. The smallest absolute Gasteiger partial charge is 0.00199 e. The van der Waals surface area contributed by atoms with Crippen molar-refractivity contribution in [2.75, 3.05) is 0 Å². The quantitative estimate of drug-likeness (QED) is 0.179. The predicted octanol–water partition coefficient (Wildman–Crippen LogP) is 9.28. The van der Waals surface area contributed by atoms with Crippen molar-refractivity contribution in [1.29, 1.82) is 0 Å². The fourth-order valence-electron chi connectivity index (χ4n) is 6.52. The molecule has 5 rings (SSSR count). The van der Waals surface area contributed by atoms with Crippen LogP contribution in [-0.2, 0) is 51.4 Å². The number of benzene rings is 4. The SMILES string of the molecule is C=CCc1c2cccc1Cc1cccc(c1CC=C)Cc1cccc(c1CC=C)Cc1cccc(c1CC=C)C2. The molecule has 0 heterocycles. The van der Waals surface area contributed by atoms with Gasteiger partial charge in [0.15, 0.2) is 0 Å². The second-order valence-corrected chi connectivity index (χ2v) is 10.9. The molecule has 0 nitrogen and oxygen atoms in total. The maximum absolute atomic E-state index is 4.12. The van der Waals surface area contributed by atoms with Crippen LogP contribution in [0, 0.1) is 0 Å². The monoisotopic (exact) mass is 520 g/mol. The van der Waals surface area contributed by atoms with Crippen LogP contribution < -0.4 is 0 Å². The summed E-state index contributed by atoms with van der Waals surface area (Å²) >= 11 is 0. The standard InChI is InChI=1S/C40H40/c1-5-13-37-29-17-9-18-30(37)26-32-20-11-22-34(39(32)15-7-3)28-36-24-12-23-35(40(36)16-8-4)27-33-21-10-19-31(25-29)38(33)14-6-2/h5-12,17-24H,1-4,13-16,25-28H2. The third-order valence-corrected chi connectivity index (χ3v) is 8.40. The van der Waals surface area contributed by atoms with Crippen LogP contribution in [0.15, 0.2) is 123 Å². The second-order valence-electron chi connectivity index (χ2n) is 10.9. The molecule has 4 aromatic carbocycles. The molecule has 200 valence electrons. The Hall–Kier alpha value is -4.16. The third kappa shape index (κ3) is 5.73. The highest BCUT2D eigenvalue weighted by molar-refractivity contribution is 5.51. The molecular formula is C40H40. The zero-order chi connectivity index (χ0) is 27.9. The molecule has 1 aliphatic carbocycles. The molecule has 0 spiro atoms. The molecule has 0 atom stereocenters. The number of hydrogen-bond donors (Lipinski definition) is 0. The summed E-state index contributed by atoms with van der Waals surface area (Å²) in [5.41, 5.74) is 16.8.